The first-order valence-corrected chi connectivity index (χ1v) is 7.40. The zero-order chi connectivity index (χ0) is 17.3. The number of aliphatic hydroxyl groups is 1. The first-order chi connectivity index (χ1) is 9.28. The van der Waals surface area contributed by atoms with Gasteiger partial charge in [0.15, 0.2) is 0 Å². The fraction of sp³-hybridized carbons (Fsp3) is 0.938. The molecule has 0 heterocycles. The molecule has 0 saturated carbocycles. The Morgan fingerprint density at radius 1 is 0.952 bits per heavy atom. The lowest BCUT2D eigenvalue weighted by Gasteiger charge is -2.21. The van der Waals surface area contributed by atoms with Crippen LogP contribution in [0.15, 0.2) is 0 Å². The van der Waals surface area contributed by atoms with Crippen LogP contribution in [0.3, 0.4) is 0 Å². The second-order valence-corrected chi connectivity index (χ2v) is 7.37. The summed E-state index contributed by atoms with van der Waals surface area (Å²) in [4.78, 5) is 10.3. The Bertz CT molecular complexity index is 275. The van der Waals surface area contributed by atoms with Crippen LogP contribution in [0.1, 0.15) is 55.4 Å². The molecule has 0 bridgehead atoms. The van der Waals surface area contributed by atoms with E-state index in [1.54, 1.807) is 6.92 Å². The molecule has 5 heteroatoms. The number of hydrogen-bond acceptors (Lipinski definition) is 4. The molecule has 2 atom stereocenters. The summed E-state index contributed by atoms with van der Waals surface area (Å²) in [5.41, 5.74) is -0.326. The summed E-state index contributed by atoms with van der Waals surface area (Å²) >= 11 is 0. The monoisotopic (exact) mass is 306 g/mol. The van der Waals surface area contributed by atoms with E-state index in [2.05, 4.69) is 0 Å². The first-order valence-electron chi connectivity index (χ1n) is 7.40. The molecule has 0 aliphatic heterocycles. The minimum atomic E-state index is -0.811. The molecule has 0 aromatic heterocycles. The van der Waals surface area contributed by atoms with Crippen molar-refractivity contribution < 1.29 is 24.5 Å². The van der Waals surface area contributed by atoms with Gasteiger partial charge in [0, 0.05) is 12.5 Å². The number of carboxylic acid groups (broad SMARTS) is 1. The van der Waals surface area contributed by atoms with Gasteiger partial charge in [-0.15, -0.1) is 0 Å². The molecular formula is C16H34O5. The SMILES string of the molecule is C[C@@H](COC(C)(C)C)C(=O)O.C[C@H](CO)COC(C)(C)C. The minimum Gasteiger partial charge on any atom is -0.481 e. The molecule has 0 aromatic rings. The number of carboxylic acids is 1. The fourth-order valence-electron chi connectivity index (χ4n) is 0.891. The summed E-state index contributed by atoms with van der Waals surface area (Å²) in [5.74, 6) is -0.984. The maximum absolute atomic E-state index is 10.3. The van der Waals surface area contributed by atoms with Crippen LogP contribution in [0, 0.1) is 11.8 Å². The van der Waals surface area contributed by atoms with Crippen LogP contribution in [0.5, 0.6) is 0 Å². The highest BCUT2D eigenvalue weighted by molar-refractivity contribution is 5.69. The van der Waals surface area contributed by atoms with Crippen molar-refractivity contribution >= 4 is 5.97 Å². The van der Waals surface area contributed by atoms with Gasteiger partial charge in [-0.05, 0) is 48.5 Å². The van der Waals surface area contributed by atoms with Crippen molar-refractivity contribution in [3.63, 3.8) is 0 Å². The van der Waals surface area contributed by atoms with Gasteiger partial charge in [-0.3, -0.25) is 4.79 Å². The lowest BCUT2D eigenvalue weighted by atomic mass is 10.1. The number of aliphatic carboxylic acids is 1. The highest BCUT2D eigenvalue weighted by Crippen LogP contribution is 2.09. The van der Waals surface area contributed by atoms with Crippen LogP contribution in [0.25, 0.3) is 0 Å². The van der Waals surface area contributed by atoms with Crippen LogP contribution < -0.4 is 0 Å². The van der Waals surface area contributed by atoms with E-state index in [1.807, 2.05) is 48.5 Å². The standard InChI is InChI=1S/C8H16O3.C8H18O2/c1-6(7(9)10)5-11-8(2,3)4;1-7(5-9)6-10-8(2,3)4/h6H,5H2,1-4H3,(H,9,10);7,9H,5-6H2,1-4H3/t6-;7-/m01/s1. The van der Waals surface area contributed by atoms with Crippen LogP contribution in [0.2, 0.25) is 0 Å². The maximum Gasteiger partial charge on any atom is 0.308 e. The van der Waals surface area contributed by atoms with E-state index in [9.17, 15) is 4.79 Å². The quantitative estimate of drug-likeness (QED) is 0.789. The van der Waals surface area contributed by atoms with Crippen LogP contribution in [-0.4, -0.2) is 47.2 Å². The average Bonchev–Trinajstić information content (AvgIpc) is 2.31. The lowest BCUT2D eigenvalue weighted by Crippen LogP contribution is -2.25. The molecule has 0 radical (unpaired) electrons. The van der Waals surface area contributed by atoms with Gasteiger partial charge in [0.2, 0.25) is 0 Å². The zero-order valence-electron chi connectivity index (χ0n) is 14.9. The highest BCUT2D eigenvalue weighted by Gasteiger charge is 2.16. The second-order valence-electron chi connectivity index (χ2n) is 7.37. The molecule has 0 aromatic carbocycles. The Hall–Kier alpha value is -0.650. The maximum atomic E-state index is 10.3. The van der Waals surface area contributed by atoms with Gasteiger partial charge in [0.1, 0.15) is 0 Å². The van der Waals surface area contributed by atoms with Gasteiger partial charge in [-0.1, -0.05) is 6.92 Å². The Kier molecular flexibility index (Phi) is 10.9. The normalized spacial score (nSPS) is 14.9. The molecule has 0 spiro atoms. The van der Waals surface area contributed by atoms with Crippen molar-refractivity contribution in [1.82, 2.24) is 0 Å². The molecule has 0 fully saturated rings. The van der Waals surface area contributed by atoms with Crippen molar-refractivity contribution in [3.05, 3.63) is 0 Å². The van der Waals surface area contributed by atoms with Gasteiger partial charge in [-0.25, -0.2) is 0 Å². The van der Waals surface area contributed by atoms with Gasteiger partial charge < -0.3 is 19.7 Å². The van der Waals surface area contributed by atoms with Gasteiger partial charge in [0.05, 0.1) is 30.3 Å². The molecule has 2 N–H and O–H groups in total. The number of rotatable bonds is 6. The van der Waals surface area contributed by atoms with E-state index in [0.29, 0.717) is 6.61 Å². The second kappa shape index (κ2) is 10.1. The van der Waals surface area contributed by atoms with Gasteiger partial charge in [0.25, 0.3) is 0 Å². The Labute approximate surface area is 129 Å². The molecule has 5 nitrogen and oxygen atoms in total. The molecule has 21 heavy (non-hydrogen) atoms. The third-order valence-corrected chi connectivity index (χ3v) is 2.30. The summed E-state index contributed by atoms with van der Waals surface area (Å²) in [5, 5.41) is 17.2. The predicted octanol–water partition coefficient (Wildman–Crippen LogP) is 2.95. The van der Waals surface area contributed by atoms with Gasteiger partial charge in [-0.2, -0.15) is 0 Å². The molecule has 0 aliphatic rings. The molecule has 0 rings (SSSR count). The van der Waals surface area contributed by atoms with Crippen LogP contribution >= 0.6 is 0 Å². The molecular weight excluding hydrogens is 272 g/mol. The summed E-state index contributed by atoms with van der Waals surface area (Å²) in [6.45, 7) is 16.5. The highest BCUT2D eigenvalue weighted by atomic mass is 16.5. The summed E-state index contributed by atoms with van der Waals surface area (Å²) < 4.78 is 10.7. The number of carbonyl (C=O) groups is 1. The van der Waals surface area contributed by atoms with Gasteiger partial charge >= 0.3 is 5.97 Å². The third-order valence-electron chi connectivity index (χ3n) is 2.30. The fourth-order valence-corrected chi connectivity index (χ4v) is 0.891. The summed E-state index contributed by atoms with van der Waals surface area (Å²) in [6.07, 6.45) is 0. The average molecular weight is 306 g/mol. The van der Waals surface area contributed by atoms with E-state index in [4.69, 9.17) is 19.7 Å². The zero-order valence-corrected chi connectivity index (χ0v) is 14.9. The van der Waals surface area contributed by atoms with E-state index in [0.717, 1.165) is 0 Å². The molecule has 0 amide bonds. The Morgan fingerprint density at radius 3 is 1.62 bits per heavy atom. The largest absolute Gasteiger partial charge is 0.481 e. The predicted molar refractivity (Wildman–Crippen MR) is 84.5 cm³/mol. The topological polar surface area (TPSA) is 76.0 Å². The van der Waals surface area contributed by atoms with Crippen molar-refractivity contribution in [3.8, 4) is 0 Å². The van der Waals surface area contributed by atoms with Crippen molar-refractivity contribution in [2.45, 2.75) is 66.6 Å². The van der Waals surface area contributed by atoms with E-state index >= 15 is 0 Å². The Morgan fingerprint density at radius 2 is 1.33 bits per heavy atom. The van der Waals surface area contributed by atoms with E-state index < -0.39 is 11.9 Å². The third kappa shape index (κ3) is 19.4. The summed E-state index contributed by atoms with van der Waals surface area (Å²) in [6, 6.07) is 0. The van der Waals surface area contributed by atoms with E-state index in [-0.39, 0.29) is 30.3 Å². The van der Waals surface area contributed by atoms with Crippen molar-refractivity contribution in [2.75, 3.05) is 19.8 Å². The molecule has 0 saturated heterocycles. The smallest absolute Gasteiger partial charge is 0.308 e. The van der Waals surface area contributed by atoms with Crippen LogP contribution in [-0.2, 0) is 14.3 Å². The lowest BCUT2D eigenvalue weighted by molar-refractivity contribution is -0.145. The van der Waals surface area contributed by atoms with Crippen molar-refractivity contribution in [2.24, 2.45) is 11.8 Å². The molecule has 0 aliphatic carbocycles. The number of hydrogen-bond donors (Lipinski definition) is 2. The summed E-state index contributed by atoms with van der Waals surface area (Å²) in [7, 11) is 0. The minimum absolute atomic E-state index is 0.0799. The molecule has 0 unspecified atom stereocenters. The van der Waals surface area contributed by atoms with Crippen molar-refractivity contribution in [1.29, 1.82) is 0 Å². The van der Waals surface area contributed by atoms with Crippen LogP contribution in [0.4, 0.5) is 0 Å². The number of ether oxygens (including phenoxy) is 2. The van der Waals surface area contributed by atoms with E-state index in [1.165, 1.54) is 0 Å². The molecule has 128 valence electrons. The first kappa shape index (κ1) is 22.6. The number of aliphatic hydroxyl groups excluding tert-OH is 1. The Balaban J connectivity index is 0.